The van der Waals surface area contributed by atoms with Crippen LogP contribution in [-0.4, -0.2) is 32.0 Å². The van der Waals surface area contributed by atoms with Gasteiger partial charge in [-0.25, -0.2) is 9.97 Å². The highest BCUT2D eigenvalue weighted by Crippen LogP contribution is 2.29. The molecule has 3 aromatic rings. The van der Waals surface area contributed by atoms with Crippen molar-refractivity contribution in [1.29, 1.82) is 0 Å². The first kappa shape index (κ1) is 13.8. The number of amides is 1. The number of benzene rings is 1. The number of nitrogens with zero attached hydrogens (tertiary/aromatic N) is 2. The van der Waals surface area contributed by atoms with Gasteiger partial charge in [-0.2, -0.15) is 0 Å². The van der Waals surface area contributed by atoms with Crippen LogP contribution in [0, 0.1) is 6.92 Å². The second-order valence-electron chi connectivity index (χ2n) is 5.87. The number of aromatic amines is 1. The Bertz CT molecular complexity index is 916. The van der Waals surface area contributed by atoms with E-state index in [1.165, 1.54) is 0 Å². The summed E-state index contributed by atoms with van der Waals surface area (Å²) in [7, 11) is 0. The van der Waals surface area contributed by atoms with E-state index in [2.05, 4.69) is 20.3 Å². The lowest BCUT2D eigenvalue weighted by atomic mass is 10.1. The number of phenolic OH excluding ortho intramolecular Hbond substituents is 1. The Morgan fingerprint density at radius 3 is 3.04 bits per heavy atom. The third-order valence-electron chi connectivity index (χ3n) is 4.26. The van der Waals surface area contributed by atoms with Crippen LogP contribution in [0.5, 0.6) is 5.75 Å². The highest BCUT2D eigenvalue weighted by Gasteiger charge is 2.26. The molecule has 1 aromatic carbocycles. The van der Waals surface area contributed by atoms with Crippen molar-refractivity contribution in [2.45, 2.75) is 25.8 Å². The lowest BCUT2D eigenvalue weighted by molar-refractivity contribution is 0.0940. The summed E-state index contributed by atoms with van der Waals surface area (Å²) in [5, 5.41) is 13.0. The fourth-order valence-corrected chi connectivity index (χ4v) is 3.21. The Morgan fingerprint density at radius 1 is 1.35 bits per heavy atom. The first-order valence-corrected chi connectivity index (χ1v) is 7.54. The number of carbonyl (C=O) groups is 1. The summed E-state index contributed by atoms with van der Waals surface area (Å²) in [5.41, 5.74) is 3.75. The number of aromatic nitrogens is 3. The minimum absolute atomic E-state index is 0.0157. The van der Waals surface area contributed by atoms with Gasteiger partial charge in [-0.05, 0) is 43.0 Å². The summed E-state index contributed by atoms with van der Waals surface area (Å²) in [5.74, 6) is 0.874. The van der Waals surface area contributed by atoms with Gasteiger partial charge in [0.1, 0.15) is 11.6 Å². The van der Waals surface area contributed by atoms with E-state index in [1.54, 1.807) is 18.3 Å². The van der Waals surface area contributed by atoms with Crippen LogP contribution in [0.1, 0.15) is 27.3 Å². The molecule has 1 aliphatic rings. The van der Waals surface area contributed by atoms with Crippen LogP contribution in [-0.2, 0) is 12.8 Å². The summed E-state index contributed by atoms with van der Waals surface area (Å²) in [4.78, 5) is 24.1. The number of aryl methyl sites for hydroxylation is 1. The number of aromatic hydroxyl groups is 1. The number of imidazole rings is 1. The van der Waals surface area contributed by atoms with E-state index in [4.69, 9.17) is 0 Å². The van der Waals surface area contributed by atoms with E-state index in [-0.39, 0.29) is 11.9 Å². The number of hydrogen-bond donors (Lipinski definition) is 3. The van der Waals surface area contributed by atoms with Gasteiger partial charge in [-0.1, -0.05) is 12.1 Å². The molecule has 2 aromatic heterocycles. The molecular formula is C17H16N4O2. The molecule has 0 saturated carbocycles. The van der Waals surface area contributed by atoms with Gasteiger partial charge in [0.25, 0.3) is 5.91 Å². The Kier molecular flexibility index (Phi) is 3.04. The Balaban J connectivity index is 1.58. The molecule has 0 radical (unpaired) electrons. The second-order valence-corrected chi connectivity index (χ2v) is 5.87. The largest absolute Gasteiger partial charge is 0.508 e. The topological polar surface area (TPSA) is 90.9 Å². The first-order valence-electron chi connectivity index (χ1n) is 7.54. The maximum absolute atomic E-state index is 12.6. The van der Waals surface area contributed by atoms with Crippen LogP contribution in [0.15, 0.2) is 30.5 Å². The summed E-state index contributed by atoms with van der Waals surface area (Å²) in [6.07, 6.45) is 2.96. The normalized spacial score (nSPS) is 16.5. The van der Waals surface area contributed by atoms with Crippen molar-refractivity contribution < 1.29 is 9.90 Å². The molecule has 23 heavy (non-hydrogen) atoms. The van der Waals surface area contributed by atoms with Gasteiger partial charge in [0.2, 0.25) is 0 Å². The SMILES string of the molecule is Cc1nc2nccc(C(=O)NC3Cc4cccc(O)c4C3)c2[nH]1. The van der Waals surface area contributed by atoms with Crippen molar-refractivity contribution in [2.75, 3.05) is 0 Å². The van der Waals surface area contributed by atoms with Crippen LogP contribution in [0.25, 0.3) is 11.2 Å². The number of carbonyl (C=O) groups excluding carboxylic acids is 1. The number of phenols is 1. The average molecular weight is 308 g/mol. The van der Waals surface area contributed by atoms with Crippen molar-refractivity contribution in [2.24, 2.45) is 0 Å². The van der Waals surface area contributed by atoms with Crippen molar-refractivity contribution in [3.05, 3.63) is 53.0 Å². The zero-order chi connectivity index (χ0) is 16.0. The fraction of sp³-hybridized carbons (Fsp3) is 0.235. The highest BCUT2D eigenvalue weighted by molar-refractivity contribution is 6.04. The third kappa shape index (κ3) is 2.32. The smallest absolute Gasteiger partial charge is 0.253 e. The lowest BCUT2D eigenvalue weighted by Crippen LogP contribution is -2.35. The molecule has 1 amide bonds. The van der Waals surface area contributed by atoms with Gasteiger partial charge >= 0.3 is 0 Å². The maximum Gasteiger partial charge on any atom is 0.253 e. The van der Waals surface area contributed by atoms with E-state index in [0.29, 0.717) is 28.9 Å². The molecule has 1 atom stereocenters. The number of hydrogen-bond acceptors (Lipinski definition) is 4. The third-order valence-corrected chi connectivity index (χ3v) is 4.26. The quantitative estimate of drug-likeness (QED) is 0.674. The van der Waals surface area contributed by atoms with Crippen LogP contribution in [0.3, 0.4) is 0 Å². The summed E-state index contributed by atoms with van der Waals surface area (Å²) < 4.78 is 0. The molecule has 3 N–H and O–H groups in total. The Hall–Kier alpha value is -2.89. The highest BCUT2D eigenvalue weighted by atomic mass is 16.3. The van der Waals surface area contributed by atoms with Crippen LogP contribution < -0.4 is 5.32 Å². The molecule has 116 valence electrons. The van der Waals surface area contributed by atoms with E-state index >= 15 is 0 Å². The Morgan fingerprint density at radius 2 is 2.22 bits per heavy atom. The van der Waals surface area contributed by atoms with Crippen molar-refractivity contribution >= 4 is 17.1 Å². The summed E-state index contributed by atoms with van der Waals surface area (Å²) in [6.45, 7) is 1.83. The van der Waals surface area contributed by atoms with Gasteiger partial charge in [0.05, 0.1) is 11.1 Å². The molecule has 0 saturated heterocycles. The van der Waals surface area contributed by atoms with Gasteiger partial charge < -0.3 is 15.4 Å². The van der Waals surface area contributed by atoms with E-state index in [1.807, 2.05) is 19.1 Å². The molecule has 0 aliphatic heterocycles. The minimum Gasteiger partial charge on any atom is -0.508 e. The van der Waals surface area contributed by atoms with Crippen LogP contribution in [0.4, 0.5) is 0 Å². The molecule has 6 nitrogen and oxygen atoms in total. The molecule has 2 heterocycles. The number of nitrogens with one attached hydrogen (secondary N) is 2. The second kappa shape index (κ2) is 5.08. The molecule has 0 spiro atoms. The number of H-pyrrole nitrogens is 1. The standard InChI is InChI=1S/C17H16N4O2/c1-9-19-15-12(5-6-18-16(15)20-9)17(23)21-11-7-10-3-2-4-14(22)13(10)8-11/h2-6,11,22H,7-8H2,1H3,(H,21,23)(H,18,19,20). The van der Waals surface area contributed by atoms with Crippen molar-refractivity contribution in [3.8, 4) is 5.75 Å². The van der Waals surface area contributed by atoms with Gasteiger partial charge in [0.15, 0.2) is 5.65 Å². The van der Waals surface area contributed by atoms with Crippen LogP contribution in [0.2, 0.25) is 0 Å². The first-order chi connectivity index (χ1) is 11.1. The summed E-state index contributed by atoms with van der Waals surface area (Å²) in [6, 6.07) is 7.18. The van der Waals surface area contributed by atoms with Crippen LogP contribution >= 0.6 is 0 Å². The monoisotopic (exact) mass is 308 g/mol. The van der Waals surface area contributed by atoms with E-state index in [0.717, 1.165) is 23.4 Å². The van der Waals surface area contributed by atoms with Crippen molar-refractivity contribution in [1.82, 2.24) is 20.3 Å². The fourth-order valence-electron chi connectivity index (χ4n) is 3.21. The number of rotatable bonds is 2. The zero-order valence-electron chi connectivity index (χ0n) is 12.6. The van der Waals surface area contributed by atoms with Gasteiger partial charge in [0, 0.05) is 12.2 Å². The number of pyridine rings is 1. The van der Waals surface area contributed by atoms with E-state index in [9.17, 15) is 9.90 Å². The van der Waals surface area contributed by atoms with E-state index < -0.39 is 0 Å². The molecule has 1 unspecified atom stereocenters. The average Bonchev–Trinajstić information content (AvgIpc) is 3.09. The van der Waals surface area contributed by atoms with Gasteiger partial charge in [-0.3, -0.25) is 4.79 Å². The maximum atomic E-state index is 12.6. The predicted octanol–water partition coefficient (Wildman–Crippen LogP) is 1.87. The molecule has 0 bridgehead atoms. The molecule has 0 fully saturated rings. The van der Waals surface area contributed by atoms with Crippen molar-refractivity contribution in [3.63, 3.8) is 0 Å². The Labute approximate surface area is 132 Å². The molecular weight excluding hydrogens is 292 g/mol. The number of fused-ring (bicyclic) bond motifs is 2. The van der Waals surface area contributed by atoms with Gasteiger partial charge in [-0.15, -0.1) is 0 Å². The predicted molar refractivity (Wildman–Crippen MR) is 85.4 cm³/mol. The lowest BCUT2D eigenvalue weighted by Gasteiger charge is -2.12. The minimum atomic E-state index is -0.154. The molecule has 1 aliphatic carbocycles. The summed E-state index contributed by atoms with van der Waals surface area (Å²) >= 11 is 0. The molecule has 6 heteroatoms. The molecule has 4 rings (SSSR count). The zero-order valence-corrected chi connectivity index (χ0v) is 12.6.